The van der Waals surface area contributed by atoms with E-state index in [0.29, 0.717) is 21.8 Å². The molecular weight excluding hydrogens is 305 g/mol. The van der Waals surface area contributed by atoms with Gasteiger partial charge in [-0.15, -0.1) is 0 Å². The van der Waals surface area contributed by atoms with Crippen LogP contribution in [0, 0.1) is 6.92 Å². The molecule has 0 unspecified atom stereocenters. The lowest BCUT2D eigenvalue weighted by Crippen LogP contribution is -2.21. The van der Waals surface area contributed by atoms with Crippen LogP contribution in [0.4, 0.5) is 0 Å². The van der Waals surface area contributed by atoms with Gasteiger partial charge in [-0.25, -0.2) is 0 Å². The smallest absolute Gasteiger partial charge is 0.147 e. The van der Waals surface area contributed by atoms with Crippen molar-refractivity contribution < 1.29 is 4.74 Å². The quantitative estimate of drug-likeness (QED) is 0.774. The molecule has 0 heterocycles. The summed E-state index contributed by atoms with van der Waals surface area (Å²) in [5.74, 6) is 1.36. The van der Waals surface area contributed by atoms with Crippen LogP contribution in [-0.2, 0) is 6.54 Å². The highest BCUT2D eigenvalue weighted by atomic mass is 35.5. The molecular formula is C17H19Cl2NO. The molecule has 0 aliphatic rings. The minimum Gasteiger partial charge on any atom is -0.455 e. The molecule has 2 rings (SSSR count). The molecule has 0 aliphatic heterocycles. The second-order valence-corrected chi connectivity index (χ2v) is 6.07. The lowest BCUT2D eigenvalue weighted by atomic mass is 10.1. The van der Waals surface area contributed by atoms with Gasteiger partial charge in [0.15, 0.2) is 0 Å². The van der Waals surface area contributed by atoms with Crippen molar-refractivity contribution in [2.75, 3.05) is 0 Å². The first-order chi connectivity index (χ1) is 9.97. The third-order valence-electron chi connectivity index (χ3n) is 3.10. The molecule has 0 radical (unpaired) electrons. The van der Waals surface area contributed by atoms with Gasteiger partial charge in [-0.05, 0) is 36.2 Å². The van der Waals surface area contributed by atoms with E-state index >= 15 is 0 Å². The van der Waals surface area contributed by atoms with Crippen LogP contribution in [0.25, 0.3) is 0 Å². The molecule has 0 amide bonds. The third kappa shape index (κ3) is 4.37. The summed E-state index contributed by atoms with van der Waals surface area (Å²) in [7, 11) is 0. The van der Waals surface area contributed by atoms with E-state index in [4.69, 9.17) is 27.9 Å². The van der Waals surface area contributed by atoms with Gasteiger partial charge in [0.05, 0.1) is 5.02 Å². The van der Waals surface area contributed by atoms with Gasteiger partial charge in [-0.2, -0.15) is 0 Å². The van der Waals surface area contributed by atoms with Gasteiger partial charge in [-0.3, -0.25) is 0 Å². The predicted molar refractivity (Wildman–Crippen MR) is 89.7 cm³/mol. The van der Waals surface area contributed by atoms with E-state index in [1.54, 1.807) is 6.07 Å². The summed E-state index contributed by atoms with van der Waals surface area (Å²) in [5, 5.41) is 4.31. The molecule has 4 heteroatoms. The summed E-state index contributed by atoms with van der Waals surface area (Å²) in [6, 6.07) is 12.0. The summed E-state index contributed by atoms with van der Waals surface area (Å²) in [6.45, 7) is 7.06. The number of ether oxygens (including phenoxy) is 1. The lowest BCUT2D eigenvalue weighted by molar-refractivity contribution is 0.477. The fourth-order valence-corrected chi connectivity index (χ4v) is 2.20. The molecule has 112 valence electrons. The summed E-state index contributed by atoms with van der Waals surface area (Å²) >= 11 is 12.2. The minimum atomic E-state index is 0.435. The monoisotopic (exact) mass is 323 g/mol. The number of aryl methyl sites for hydroxylation is 1. The first-order valence-electron chi connectivity index (χ1n) is 6.92. The van der Waals surface area contributed by atoms with Crippen molar-refractivity contribution >= 4 is 23.2 Å². The average molecular weight is 324 g/mol. The zero-order chi connectivity index (χ0) is 15.4. The molecule has 2 nitrogen and oxygen atoms in total. The van der Waals surface area contributed by atoms with E-state index in [0.717, 1.165) is 17.9 Å². The predicted octanol–water partition coefficient (Wildman–Crippen LogP) is 5.59. The second kappa shape index (κ2) is 7.17. The minimum absolute atomic E-state index is 0.435. The van der Waals surface area contributed by atoms with Crippen LogP contribution in [0.15, 0.2) is 36.4 Å². The fraction of sp³-hybridized carbons (Fsp3) is 0.294. The van der Waals surface area contributed by atoms with E-state index < -0.39 is 0 Å². The largest absolute Gasteiger partial charge is 0.455 e. The van der Waals surface area contributed by atoms with Crippen LogP contribution >= 0.6 is 23.2 Å². The van der Waals surface area contributed by atoms with Crippen LogP contribution in [-0.4, -0.2) is 6.04 Å². The molecule has 0 saturated carbocycles. The Hall–Kier alpha value is -1.22. The van der Waals surface area contributed by atoms with Crippen molar-refractivity contribution in [1.29, 1.82) is 0 Å². The molecule has 1 N–H and O–H groups in total. The molecule has 2 aromatic rings. The van der Waals surface area contributed by atoms with Gasteiger partial charge in [0.2, 0.25) is 0 Å². The Morgan fingerprint density at radius 1 is 1.10 bits per heavy atom. The number of nitrogens with one attached hydrogen (secondary N) is 1. The summed E-state index contributed by atoms with van der Waals surface area (Å²) in [6.07, 6.45) is 0. The Kier molecular flexibility index (Phi) is 5.51. The highest BCUT2D eigenvalue weighted by Gasteiger charge is 2.09. The van der Waals surface area contributed by atoms with Gasteiger partial charge in [0.25, 0.3) is 0 Å². The van der Waals surface area contributed by atoms with E-state index in [9.17, 15) is 0 Å². The molecule has 21 heavy (non-hydrogen) atoms. The number of hydrogen-bond donors (Lipinski definition) is 1. The normalized spacial score (nSPS) is 11.0. The molecule has 0 aromatic heterocycles. The molecule has 0 spiro atoms. The highest BCUT2D eigenvalue weighted by Crippen LogP contribution is 2.35. The van der Waals surface area contributed by atoms with E-state index in [-0.39, 0.29) is 0 Å². The molecule has 2 aromatic carbocycles. The second-order valence-electron chi connectivity index (χ2n) is 5.29. The number of hydrogen-bond acceptors (Lipinski definition) is 2. The number of benzene rings is 2. The van der Waals surface area contributed by atoms with Crippen molar-refractivity contribution in [3.8, 4) is 11.5 Å². The molecule has 0 aliphatic carbocycles. The summed E-state index contributed by atoms with van der Waals surface area (Å²) < 4.78 is 5.92. The van der Waals surface area contributed by atoms with Crippen LogP contribution in [0.3, 0.4) is 0 Å². The standard InChI is InChI=1S/C17H19Cl2NO/c1-11(2)20-10-13-8-7-12(3)16(9-13)21-15-6-4-5-14(18)17(15)19/h4-9,11,20H,10H2,1-3H3. The van der Waals surface area contributed by atoms with Crippen LogP contribution in [0.5, 0.6) is 11.5 Å². The Morgan fingerprint density at radius 2 is 1.86 bits per heavy atom. The van der Waals surface area contributed by atoms with E-state index in [1.165, 1.54) is 5.56 Å². The Bertz CT molecular complexity index is 626. The van der Waals surface area contributed by atoms with Gasteiger partial charge < -0.3 is 10.1 Å². The first kappa shape index (κ1) is 16.2. The van der Waals surface area contributed by atoms with Crippen LogP contribution in [0.1, 0.15) is 25.0 Å². The molecule has 0 atom stereocenters. The van der Waals surface area contributed by atoms with Gasteiger partial charge >= 0.3 is 0 Å². The van der Waals surface area contributed by atoms with Crippen molar-refractivity contribution in [1.82, 2.24) is 5.32 Å². The maximum absolute atomic E-state index is 6.17. The summed E-state index contributed by atoms with van der Waals surface area (Å²) in [4.78, 5) is 0. The summed E-state index contributed by atoms with van der Waals surface area (Å²) in [5.41, 5.74) is 2.22. The molecule has 0 fully saturated rings. The van der Waals surface area contributed by atoms with Crippen molar-refractivity contribution in [3.05, 3.63) is 57.6 Å². The van der Waals surface area contributed by atoms with E-state index in [2.05, 4.69) is 25.2 Å². The van der Waals surface area contributed by atoms with Crippen LogP contribution in [0.2, 0.25) is 10.0 Å². The van der Waals surface area contributed by atoms with Crippen molar-refractivity contribution in [3.63, 3.8) is 0 Å². The lowest BCUT2D eigenvalue weighted by Gasteiger charge is -2.13. The maximum Gasteiger partial charge on any atom is 0.147 e. The Balaban J connectivity index is 2.22. The maximum atomic E-state index is 6.17. The van der Waals surface area contributed by atoms with Gasteiger partial charge in [0.1, 0.15) is 16.5 Å². The first-order valence-corrected chi connectivity index (χ1v) is 7.67. The molecule has 0 bridgehead atoms. The van der Waals surface area contributed by atoms with Gasteiger partial charge in [0, 0.05) is 12.6 Å². The zero-order valence-corrected chi connectivity index (χ0v) is 13.9. The topological polar surface area (TPSA) is 21.3 Å². The number of halogens is 2. The van der Waals surface area contributed by atoms with Crippen molar-refractivity contribution in [2.24, 2.45) is 0 Å². The van der Waals surface area contributed by atoms with E-state index in [1.807, 2.05) is 31.2 Å². The fourth-order valence-electron chi connectivity index (χ4n) is 1.87. The zero-order valence-electron chi connectivity index (χ0n) is 12.4. The third-order valence-corrected chi connectivity index (χ3v) is 3.90. The number of rotatable bonds is 5. The van der Waals surface area contributed by atoms with Crippen molar-refractivity contribution in [2.45, 2.75) is 33.4 Å². The average Bonchev–Trinajstić information content (AvgIpc) is 2.44. The molecule has 0 saturated heterocycles. The van der Waals surface area contributed by atoms with Crippen LogP contribution < -0.4 is 10.1 Å². The van der Waals surface area contributed by atoms with Gasteiger partial charge in [-0.1, -0.05) is 55.2 Å². The highest BCUT2D eigenvalue weighted by molar-refractivity contribution is 6.42. The SMILES string of the molecule is Cc1ccc(CNC(C)C)cc1Oc1cccc(Cl)c1Cl. The Labute approximate surface area is 136 Å². The Morgan fingerprint density at radius 3 is 2.57 bits per heavy atom.